The highest BCUT2D eigenvalue weighted by atomic mass is 16.3. The maximum absolute atomic E-state index is 9.63. The molecule has 1 aliphatic carbocycles. The predicted octanol–water partition coefficient (Wildman–Crippen LogP) is 3.90. The molecule has 1 fully saturated rings. The molecule has 0 aromatic heterocycles. The molecule has 0 aromatic carbocycles. The standard InChI is InChI=1S/C13H26O/c1-2-3-4-5-6-7-8-9-13(14)12-10-11-12/h12-14H,2-11H2,1H3/t13-/m0/s1. The number of rotatable bonds is 9. The van der Waals surface area contributed by atoms with Gasteiger partial charge in [-0.25, -0.2) is 0 Å². The van der Waals surface area contributed by atoms with Gasteiger partial charge in [0, 0.05) is 0 Å². The first-order valence-electron chi connectivity index (χ1n) is 6.52. The second kappa shape index (κ2) is 7.28. The third kappa shape index (κ3) is 5.64. The zero-order valence-corrected chi connectivity index (χ0v) is 9.67. The Morgan fingerprint density at radius 3 is 2.14 bits per heavy atom. The largest absolute Gasteiger partial charge is 0.393 e. The summed E-state index contributed by atoms with van der Waals surface area (Å²) in [7, 11) is 0. The van der Waals surface area contributed by atoms with Crippen molar-refractivity contribution in [3.63, 3.8) is 0 Å². The highest BCUT2D eigenvalue weighted by Gasteiger charge is 2.28. The van der Waals surface area contributed by atoms with Crippen molar-refractivity contribution in [3.8, 4) is 0 Å². The normalized spacial score (nSPS) is 18.4. The molecule has 0 aromatic rings. The highest BCUT2D eigenvalue weighted by molar-refractivity contribution is 4.80. The van der Waals surface area contributed by atoms with E-state index in [4.69, 9.17) is 0 Å². The third-order valence-electron chi connectivity index (χ3n) is 3.27. The van der Waals surface area contributed by atoms with Gasteiger partial charge in [-0.2, -0.15) is 0 Å². The molecule has 1 aliphatic rings. The lowest BCUT2D eigenvalue weighted by molar-refractivity contribution is 0.138. The van der Waals surface area contributed by atoms with Crippen LogP contribution in [0.15, 0.2) is 0 Å². The Hall–Kier alpha value is -0.0400. The molecule has 0 amide bonds. The van der Waals surface area contributed by atoms with E-state index in [2.05, 4.69) is 6.92 Å². The smallest absolute Gasteiger partial charge is 0.0568 e. The monoisotopic (exact) mass is 198 g/mol. The first-order valence-corrected chi connectivity index (χ1v) is 6.52. The van der Waals surface area contributed by atoms with E-state index in [9.17, 15) is 5.11 Å². The van der Waals surface area contributed by atoms with Gasteiger partial charge in [0.05, 0.1) is 6.10 Å². The summed E-state index contributed by atoms with van der Waals surface area (Å²) in [5.74, 6) is 0.676. The van der Waals surface area contributed by atoms with Gasteiger partial charge in [-0.1, -0.05) is 51.9 Å². The molecule has 0 bridgehead atoms. The summed E-state index contributed by atoms with van der Waals surface area (Å²) >= 11 is 0. The van der Waals surface area contributed by atoms with Crippen molar-refractivity contribution in [2.45, 2.75) is 77.2 Å². The molecule has 1 atom stereocenters. The minimum Gasteiger partial charge on any atom is -0.393 e. The van der Waals surface area contributed by atoms with Crippen LogP contribution in [-0.4, -0.2) is 11.2 Å². The molecule has 1 nitrogen and oxygen atoms in total. The fraction of sp³-hybridized carbons (Fsp3) is 1.00. The fourth-order valence-corrected chi connectivity index (χ4v) is 2.03. The molecule has 14 heavy (non-hydrogen) atoms. The Balaban J connectivity index is 1.75. The van der Waals surface area contributed by atoms with Crippen molar-refractivity contribution in [2.75, 3.05) is 0 Å². The van der Waals surface area contributed by atoms with Gasteiger partial charge in [0.25, 0.3) is 0 Å². The van der Waals surface area contributed by atoms with Crippen LogP contribution < -0.4 is 0 Å². The van der Waals surface area contributed by atoms with E-state index >= 15 is 0 Å². The van der Waals surface area contributed by atoms with E-state index in [1.165, 1.54) is 57.8 Å². The number of aliphatic hydroxyl groups excluding tert-OH is 1. The lowest BCUT2D eigenvalue weighted by Crippen LogP contribution is -2.08. The molecule has 1 saturated carbocycles. The maximum atomic E-state index is 9.63. The molecule has 1 rings (SSSR count). The van der Waals surface area contributed by atoms with Gasteiger partial charge >= 0.3 is 0 Å². The van der Waals surface area contributed by atoms with Crippen LogP contribution in [-0.2, 0) is 0 Å². The van der Waals surface area contributed by atoms with Crippen LogP contribution in [0.1, 0.15) is 71.1 Å². The van der Waals surface area contributed by atoms with E-state index in [1.807, 2.05) is 0 Å². The fourth-order valence-electron chi connectivity index (χ4n) is 2.03. The highest BCUT2D eigenvalue weighted by Crippen LogP contribution is 2.34. The summed E-state index contributed by atoms with van der Waals surface area (Å²) in [6, 6.07) is 0. The summed E-state index contributed by atoms with van der Waals surface area (Å²) < 4.78 is 0. The van der Waals surface area contributed by atoms with Crippen molar-refractivity contribution in [2.24, 2.45) is 5.92 Å². The molecule has 0 radical (unpaired) electrons. The van der Waals surface area contributed by atoms with Crippen molar-refractivity contribution >= 4 is 0 Å². The molecule has 0 saturated heterocycles. The first kappa shape index (κ1) is 12.0. The van der Waals surface area contributed by atoms with Crippen molar-refractivity contribution in [1.29, 1.82) is 0 Å². The summed E-state index contributed by atoms with van der Waals surface area (Å²) in [6.45, 7) is 2.26. The molecule has 0 spiro atoms. The van der Waals surface area contributed by atoms with Crippen LogP contribution in [0.2, 0.25) is 0 Å². The Kier molecular flexibility index (Phi) is 6.25. The Morgan fingerprint density at radius 2 is 1.57 bits per heavy atom. The van der Waals surface area contributed by atoms with Gasteiger partial charge in [-0.3, -0.25) is 0 Å². The van der Waals surface area contributed by atoms with Crippen LogP contribution in [0.3, 0.4) is 0 Å². The van der Waals surface area contributed by atoms with Gasteiger partial charge in [0.2, 0.25) is 0 Å². The molecule has 0 unspecified atom stereocenters. The van der Waals surface area contributed by atoms with Gasteiger partial charge in [0.15, 0.2) is 0 Å². The lowest BCUT2D eigenvalue weighted by Gasteiger charge is -2.08. The summed E-state index contributed by atoms with van der Waals surface area (Å²) in [4.78, 5) is 0. The van der Waals surface area contributed by atoms with E-state index < -0.39 is 0 Å². The van der Waals surface area contributed by atoms with Crippen LogP contribution in [0.4, 0.5) is 0 Å². The van der Waals surface area contributed by atoms with E-state index in [0.717, 1.165) is 6.42 Å². The Bertz CT molecular complexity index is 129. The summed E-state index contributed by atoms with van der Waals surface area (Å²) in [5.41, 5.74) is 0. The maximum Gasteiger partial charge on any atom is 0.0568 e. The summed E-state index contributed by atoms with van der Waals surface area (Å²) in [6.07, 6.45) is 13.1. The predicted molar refractivity (Wildman–Crippen MR) is 61.3 cm³/mol. The molecule has 84 valence electrons. The topological polar surface area (TPSA) is 20.2 Å². The van der Waals surface area contributed by atoms with Gasteiger partial charge in [0.1, 0.15) is 0 Å². The third-order valence-corrected chi connectivity index (χ3v) is 3.27. The van der Waals surface area contributed by atoms with Crippen LogP contribution >= 0.6 is 0 Å². The molecule has 1 N–H and O–H groups in total. The van der Waals surface area contributed by atoms with E-state index in [-0.39, 0.29) is 6.10 Å². The second-order valence-electron chi connectivity index (χ2n) is 4.81. The number of unbranched alkanes of at least 4 members (excludes halogenated alkanes) is 6. The quantitative estimate of drug-likeness (QED) is 0.557. The zero-order chi connectivity index (χ0) is 10.2. The number of hydrogen-bond donors (Lipinski definition) is 1. The molecule has 1 heteroatoms. The number of hydrogen-bond acceptors (Lipinski definition) is 1. The van der Waals surface area contributed by atoms with Crippen LogP contribution in [0.25, 0.3) is 0 Å². The second-order valence-corrected chi connectivity index (χ2v) is 4.81. The first-order chi connectivity index (χ1) is 6.84. The van der Waals surface area contributed by atoms with E-state index in [0.29, 0.717) is 5.92 Å². The Morgan fingerprint density at radius 1 is 1.00 bits per heavy atom. The number of aliphatic hydroxyl groups is 1. The average molecular weight is 198 g/mol. The molecular formula is C13H26O. The van der Waals surface area contributed by atoms with Crippen molar-refractivity contribution < 1.29 is 5.11 Å². The minimum absolute atomic E-state index is 0.0330. The Labute approximate surface area is 88.9 Å². The van der Waals surface area contributed by atoms with Crippen molar-refractivity contribution in [1.82, 2.24) is 0 Å². The van der Waals surface area contributed by atoms with Gasteiger partial charge in [-0.15, -0.1) is 0 Å². The van der Waals surface area contributed by atoms with Gasteiger partial charge < -0.3 is 5.11 Å². The minimum atomic E-state index is 0.0330. The molecular weight excluding hydrogens is 172 g/mol. The van der Waals surface area contributed by atoms with Crippen LogP contribution in [0, 0.1) is 5.92 Å². The average Bonchev–Trinajstić information content (AvgIpc) is 2.99. The van der Waals surface area contributed by atoms with Gasteiger partial charge in [-0.05, 0) is 25.2 Å². The van der Waals surface area contributed by atoms with E-state index in [1.54, 1.807) is 0 Å². The molecule has 0 aliphatic heterocycles. The summed E-state index contributed by atoms with van der Waals surface area (Å²) in [5, 5.41) is 9.63. The molecule has 0 heterocycles. The van der Waals surface area contributed by atoms with Crippen molar-refractivity contribution in [3.05, 3.63) is 0 Å². The van der Waals surface area contributed by atoms with Crippen LogP contribution in [0.5, 0.6) is 0 Å². The SMILES string of the molecule is CCCCCCCCC[C@H](O)C1CC1. The zero-order valence-electron chi connectivity index (χ0n) is 9.67. The lowest BCUT2D eigenvalue weighted by atomic mass is 10.0.